The minimum atomic E-state index is -1.01. The molecule has 0 unspecified atom stereocenters. The van der Waals surface area contributed by atoms with Crippen LogP contribution in [0, 0.1) is 0 Å². The van der Waals surface area contributed by atoms with Crippen LogP contribution in [0.25, 0.3) is 0 Å². The van der Waals surface area contributed by atoms with E-state index in [4.69, 9.17) is 16.7 Å². The maximum absolute atomic E-state index is 10.9. The van der Waals surface area contributed by atoms with E-state index in [2.05, 4.69) is 20.9 Å². The summed E-state index contributed by atoms with van der Waals surface area (Å²) < 4.78 is 0.658. The van der Waals surface area contributed by atoms with Gasteiger partial charge in [0, 0.05) is 0 Å². The number of pyridine rings is 1. The molecule has 0 aromatic carbocycles. The lowest BCUT2D eigenvalue weighted by molar-refractivity contribution is 0.0689. The van der Waals surface area contributed by atoms with Crippen LogP contribution in [-0.2, 0) is 0 Å². The van der Waals surface area contributed by atoms with E-state index in [1.807, 2.05) is 0 Å². The Morgan fingerprint density at radius 1 is 1.64 bits per heavy atom. The van der Waals surface area contributed by atoms with E-state index in [-0.39, 0.29) is 10.8 Å². The summed E-state index contributed by atoms with van der Waals surface area (Å²) in [5.41, 5.74) is 0.870. The smallest absolute Gasteiger partial charge is 0.354 e. The molecule has 1 saturated carbocycles. The topological polar surface area (TPSA) is 50.2 Å². The zero-order valence-electron chi connectivity index (χ0n) is 7.13. The number of carboxylic acids is 1. The minimum Gasteiger partial charge on any atom is -0.477 e. The highest BCUT2D eigenvalue weighted by atomic mass is 79.9. The summed E-state index contributed by atoms with van der Waals surface area (Å²) in [5, 5.41) is 9.12. The molecule has 2 rings (SSSR count). The molecule has 1 aromatic heterocycles. The number of carboxylic acid groups (broad SMARTS) is 1. The van der Waals surface area contributed by atoms with E-state index in [1.165, 1.54) is 0 Å². The molecule has 0 bridgehead atoms. The van der Waals surface area contributed by atoms with E-state index in [0.29, 0.717) is 10.4 Å². The molecule has 0 amide bonds. The van der Waals surface area contributed by atoms with Crippen LogP contribution in [0.4, 0.5) is 0 Å². The first-order chi connectivity index (χ1) is 6.59. The average Bonchev–Trinajstić information content (AvgIpc) is 2.91. The lowest BCUT2D eigenvalue weighted by Gasteiger charge is -2.05. The maximum Gasteiger partial charge on any atom is 0.354 e. The van der Waals surface area contributed by atoms with E-state index < -0.39 is 5.97 Å². The SMILES string of the molecule is O=C(O)c1nc(Cl)c(Br)cc1C1CC1. The molecule has 1 fully saturated rings. The Morgan fingerprint density at radius 2 is 2.29 bits per heavy atom. The number of carbonyl (C=O) groups is 1. The quantitative estimate of drug-likeness (QED) is 0.845. The zero-order valence-corrected chi connectivity index (χ0v) is 9.47. The average molecular weight is 277 g/mol. The van der Waals surface area contributed by atoms with Crippen molar-refractivity contribution in [3.8, 4) is 0 Å². The Bertz CT molecular complexity index is 404. The lowest BCUT2D eigenvalue weighted by atomic mass is 10.1. The normalized spacial score (nSPS) is 15.6. The fraction of sp³-hybridized carbons (Fsp3) is 0.333. The van der Waals surface area contributed by atoms with E-state index >= 15 is 0 Å². The van der Waals surface area contributed by atoms with Crippen LogP contribution in [0.2, 0.25) is 5.15 Å². The van der Waals surface area contributed by atoms with Gasteiger partial charge in [0.05, 0.1) is 4.47 Å². The van der Waals surface area contributed by atoms with Crippen LogP contribution in [0.15, 0.2) is 10.5 Å². The number of hydrogen-bond acceptors (Lipinski definition) is 2. The molecule has 0 radical (unpaired) electrons. The predicted molar refractivity (Wildman–Crippen MR) is 55.9 cm³/mol. The summed E-state index contributed by atoms with van der Waals surface area (Å²) in [4.78, 5) is 14.7. The largest absolute Gasteiger partial charge is 0.477 e. The number of aromatic nitrogens is 1. The first-order valence-corrected chi connectivity index (χ1v) is 5.36. The summed E-state index contributed by atoms with van der Waals surface area (Å²) in [6.07, 6.45) is 2.08. The van der Waals surface area contributed by atoms with Gasteiger partial charge < -0.3 is 5.11 Å². The van der Waals surface area contributed by atoms with Crippen LogP contribution in [-0.4, -0.2) is 16.1 Å². The molecule has 0 atom stereocenters. The van der Waals surface area contributed by atoms with Crippen molar-refractivity contribution in [2.24, 2.45) is 0 Å². The monoisotopic (exact) mass is 275 g/mol. The molecule has 1 aliphatic carbocycles. The van der Waals surface area contributed by atoms with Gasteiger partial charge >= 0.3 is 5.97 Å². The molecule has 0 aliphatic heterocycles. The molecule has 74 valence electrons. The third-order valence-electron chi connectivity index (χ3n) is 2.18. The van der Waals surface area contributed by atoms with Gasteiger partial charge in [-0.25, -0.2) is 9.78 Å². The maximum atomic E-state index is 10.9. The Kier molecular flexibility index (Phi) is 2.49. The molecule has 1 N–H and O–H groups in total. The van der Waals surface area contributed by atoms with Crippen LogP contribution in [0.1, 0.15) is 34.8 Å². The molecule has 1 heterocycles. The van der Waals surface area contributed by atoms with Gasteiger partial charge in [-0.2, -0.15) is 0 Å². The number of halogens is 2. The van der Waals surface area contributed by atoms with Crippen molar-refractivity contribution in [2.45, 2.75) is 18.8 Å². The fourth-order valence-corrected chi connectivity index (χ4v) is 1.83. The van der Waals surface area contributed by atoms with Gasteiger partial charge in [-0.1, -0.05) is 11.6 Å². The molecule has 1 aromatic rings. The summed E-state index contributed by atoms with van der Waals surface area (Å²) in [6.45, 7) is 0. The van der Waals surface area contributed by atoms with E-state index in [1.54, 1.807) is 6.07 Å². The highest BCUT2D eigenvalue weighted by molar-refractivity contribution is 9.10. The number of hydrogen-bond donors (Lipinski definition) is 1. The molecule has 0 saturated heterocycles. The molecular weight excluding hydrogens is 269 g/mol. The highest BCUT2D eigenvalue weighted by Gasteiger charge is 2.29. The second kappa shape index (κ2) is 3.51. The molecule has 3 nitrogen and oxygen atoms in total. The second-order valence-electron chi connectivity index (χ2n) is 3.28. The molecule has 14 heavy (non-hydrogen) atoms. The molecule has 0 spiro atoms. The van der Waals surface area contributed by atoms with Gasteiger partial charge in [0.1, 0.15) is 5.15 Å². The number of nitrogens with zero attached hydrogens (tertiary/aromatic N) is 1. The van der Waals surface area contributed by atoms with Gasteiger partial charge in [0.2, 0.25) is 0 Å². The Hall–Kier alpha value is -0.610. The molecule has 1 aliphatic rings. The standard InChI is InChI=1S/C9H7BrClNO2/c10-6-3-5(4-1-2-4)7(9(13)14)12-8(6)11/h3-4H,1-2H2,(H,13,14). The first-order valence-electron chi connectivity index (χ1n) is 4.19. The van der Waals surface area contributed by atoms with Gasteiger partial charge in [-0.3, -0.25) is 0 Å². The Morgan fingerprint density at radius 3 is 2.79 bits per heavy atom. The number of aromatic carboxylic acids is 1. The van der Waals surface area contributed by atoms with Crippen molar-refractivity contribution >= 4 is 33.5 Å². The highest BCUT2D eigenvalue weighted by Crippen LogP contribution is 2.42. The predicted octanol–water partition coefficient (Wildman–Crippen LogP) is 3.07. The van der Waals surface area contributed by atoms with Crippen LogP contribution in [0.3, 0.4) is 0 Å². The van der Waals surface area contributed by atoms with Gasteiger partial charge in [-0.15, -0.1) is 0 Å². The third kappa shape index (κ3) is 1.77. The van der Waals surface area contributed by atoms with Crippen molar-refractivity contribution in [1.82, 2.24) is 4.98 Å². The summed E-state index contributed by atoms with van der Waals surface area (Å²) in [5.74, 6) is -0.663. The van der Waals surface area contributed by atoms with Gasteiger partial charge in [-0.05, 0) is 46.3 Å². The van der Waals surface area contributed by atoms with Crippen molar-refractivity contribution in [1.29, 1.82) is 0 Å². The van der Waals surface area contributed by atoms with Gasteiger partial charge in [0.25, 0.3) is 0 Å². The molecular formula is C9H7BrClNO2. The van der Waals surface area contributed by atoms with Crippen molar-refractivity contribution in [2.75, 3.05) is 0 Å². The summed E-state index contributed by atoms with van der Waals surface area (Å²) >= 11 is 8.97. The zero-order chi connectivity index (χ0) is 10.3. The van der Waals surface area contributed by atoms with Crippen molar-refractivity contribution < 1.29 is 9.90 Å². The van der Waals surface area contributed by atoms with E-state index in [9.17, 15) is 4.79 Å². The summed E-state index contributed by atoms with van der Waals surface area (Å²) in [7, 11) is 0. The van der Waals surface area contributed by atoms with Crippen molar-refractivity contribution in [3.05, 3.63) is 26.9 Å². The Balaban J connectivity index is 2.54. The molecule has 5 heteroatoms. The first kappa shape index (κ1) is 9.93. The minimum absolute atomic E-state index is 0.0840. The number of rotatable bonds is 2. The third-order valence-corrected chi connectivity index (χ3v) is 3.30. The fourth-order valence-electron chi connectivity index (χ4n) is 1.36. The van der Waals surface area contributed by atoms with Crippen LogP contribution < -0.4 is 0 Å². The lowest BCUT2D eigenvalue weighted by Crippen LogP contribution is -2.05. The van der Waals surface area contributed by atoms with Crippen molar-refractivity contribution in [3.63, 3.8) is 0 Å². The van der Waals surface area contributed by atoms with Gasteiger partial charge in [0.15, 0.2) is 5.69 Å². The Labute approximate surface area is 94.2 Å². The second-order valence-corrected chi connectivity index (χ2v) is 4.49. The van der Waals surface area contributed by atoms with Crippen LogP contribution >= 0.6 is 27.5 Å². The van der Waals surface area contributed by atoms with E-state index in [0.717, 1.165) is 18.4 Å². The van der Waals surface area contributed by atoms with Crippen LogP contribution in [0.5, 0.6) is 0 Å². The summed E-state index contributed by atoms with van der Waals surface area (Å²) in [6, 6.07) is 1.76.